The highest BCUT2D eigenvalue weighted by molar-refractivity contribution is 6.74. The lowest BCUT2D eigenvalue weighted by Crippen LogP contribution is -2.61. The van der Waals surface area contributed by atoms with Gasteiger partial charge in [0.25, 0.3) is 0 Å². The minimum atomic E-state index is -1.75. The van der Waals surface area contributed by atoms with E-state index in [0.29, 0.717) is 6.10 Å². The van der Waals surface area contributed by atoms with Crippen LogP contribution in [0.5, 0.6) is 0 Å². The highest BCUT2D eigenvalue weighted by Gasteiger charge is 2.59. The van der Waals surface area contributed by atoms with Crippen LogP contribution in [0.4, 0.5) is 0 Å². The summed E-state index contributed by atoms with van der Waals surface area (Å²) in [5.41, 5.74) is 0.276. The molecule has 0 spiro atoms. The predicted octanol–water partition coefficient (Wildman–Crippen LogP) is 4.97. The van der Waals surface area contributed by atoms with Crippen molar-refractivity contribution in [3.05, 3.63) is 0 Å². The third-order valence-corrected chi connectivity index (χ3v) is 11.7. The van der Waals surface area contributed by atoms with Crippen LogP contribution < -0.4 is 0 Å². The van der Waals surface area contributed by atoms with E-state index in [1.165, 1.54) is 32.1 Å². The maximum atomic E-state index is 10.1. The lowest BCUT2D eigenvalue weighted by molar-refractivity contribution is -0.160. The monoisotopic (exact) mass is 324 g/mol. The summed E-state index contributed by atoms with van der Waals surface area (Å²) in [6.07, 6.45) is 8.02. The fourth-order valence-electron chi connectivity index (χ4n) is 5.75. The average Bonchev–Trinajstić information content (AvgIpc) is 2.30. The minimum Gasteiger partial charge on any atom is -0.413 e. The van der Waals surface area contributed by atoms with Crippen molar-refractivity contribution in [2.45, 2.75) is 96.6 Å². The molecule has 0 aromatic carbocycles. The normalized spacial score (nSPS) is 42.7. The van der Waals surface area contributed by atoms with Crippen LogP contribution in [-0.4, -0.2) is 25.6 Å². The van der Waals surface area contributed by atoms with Crippen LogP contribution in [0.2, 0.25) is 18.1 Å². The Morgan fingerprint density at radius 1 is 1.14 bits per heavy atom. The van der Waals surface area contributed by atoms with Crippen LogP contribution in [-0.2, 0) is 4.43 Å². The molecule has 0 aromatic heterocycles. The molecule has 3 heteroatoms. The molecule has 0 aliphatic heterocycles. The van der Waals surface area contributed by atoms with E-state index in [0.717, 1.165) is 24.2 Å². The molecule has 0 heterocycles. The van der Waals surface area contributed by atoms with Gasteiger partial charge in [-0.15, -0.1) is 0 Å². The zero-order valence-corrected chi connectivity index (χ0v) is 16.5. The van der Waals surface area contributed by atoms with Crippen LogP contribution >= 0.6 is 0 Å². The molecular weight excluding hydrogens is 288 g/mol. The molecule has 1 N–H and O–H groups in total. The third-order valence-electron chi connectivity index (χ3n) is 7.29. The fraction of sp³-hybridized carbons (Fsp3) is 1.00. The average molecular weight is 325 g/mol. The van der Waals surface area contributed by atoms with Crippen LogP contribution in [0.3, 0.4) is 0 Å². The van der Waals surface area contributed by atoms with Gasteiger partial charge in [-0.1, -0.05) is 20.8 Å². The molecule has 4 rings (SSSR count). The van der Waals surface area contributed by atoms with Gasteiger partial charge in [-0.3, -0.25) is 0 Å². The largest absolute Gasteiger partial charge is 0.413 e. The lowest BCUT2D eigenvalue weighted by Gasteiger charge is -2.63. The van der Waals surface area contributed by atoms with Gasteiger partial charge < -0.3 is 9.53 Å². The van der Waals surface area contributed by atoms with Gasteiger partial charge in [0.15, 0.2) is 8.32 Å². The second kappa shape index (κ2) is 5.32. The van der Waals surface area contributed by atoms with Crippen molar-refractivity contribution in [3.8, 4) is 0 Å². The number of hydrogen-bond acceptors (Lipinski definition) is 2. The maximum Gasteiger partial charge on any atom is 0.192 e. The highest BCUT2D eigenvalue weighted by atomic mass is 28.4. The zero-order valence-electron chi connectivity index (χ0n) is 15.5. The Balaban J connectivity index is 1.88. The lowest BCUT2D eigenvalue weighted by atomic mass is 9.47. The second-order valence-electron chi connectivity index (χ2n) is 10.3. The number of aliphatic hydroxyl groups is 1. The van der Waals surface area contributed by atoms with E-state index in [4.69, 9.17) is 4.43 Å². The van der Waals surface area contributed by atoms with E-state index in [1.807, 2.05) is 6.92 Å². The second-order valence-corrected chi connectivity index (χ2v) is 15.1. The van der Waals surface area contributed by atoms with Crippen LogP contribution in [0, 0.1) is 23.2 Å². The van der Waals surface area contributed by atoms with Crippen LogP contribution in [0.15, 0.2) is 0 Å². The Labute approximate surface area is 138 Å². The summed E-state index contributed by atoms with van der Waals surface area (Å²) < 4.78 is 7.01. The summed E-state index contributed by atoms with van der Waals surface area (Å²) >= 11 is 0. The minimum absolute atomic E-state index is 0.193. The van der Waals surface area contributed by atoms with Crippen LogP contribution in [0.1, 0.15) is 66.2 Å². The number of rotatable bonds is 4. The van der Waals surface area contributed by atoms with Gasteiger partial charge in [0, 0.05) is 0 Å². The van der Waals surface area contributed by atoms with Crippen molar-refractivity contribution in [2.24, 2.45) is 23.2 Å². The summed E-state index contributed by atoms with van der Waals surface area (Å²) in [5.74, 6) is 2.59. The molecule has 0 radical (unpaired) electrons. The van der Waals surface area contributed by atoms with Gasteiger partial charge in [-0.2, -0.15) is 0 Å². The van der Waals surface area contributed by atoms with Crippen molar-refractivity contribution in [3.63, 3.8) is 0 Å². The Morgan fingerprint density at radius 2 is 1.68 bits per heavy atom. The molecule has 4 atom stereocenters. The Morgan fingerprint density at radius 3 is 2.14 bits per heavy atom. The maximum absolute atomic E-state index is 10.1. The van der Waals surface area contributed by atoms with Gasteiger partial charge in [-0.05, 0) is 86.7 Å². The summed E-state index contributed by atoms with van der Waals surface area (Å²) in [5, 5.41) is 10.4. The third kappa shape index (κ3) is 2.82. The van der Waals surface area contributed by atoms with E-state index in [9.17, 15) is 5.11 Å². The molecule has 4 aliphatic rings. The molecule has 0 amide bonds. The Hall–Kier alpha value is 0.137. The molecule has 0 saturated heterocycles. The van der Waals surface area contributed by atoms with Gasteiger partial charge in [0.1, 0.15) is 0 Å². The van der Waals surface area contributed by atoms with Crippen molar-refractivity contribution >= 4 is 8.32 Å². The standard InChI is InChI=1S/C19H36O2Si/c1-13(20)10-19-11-14-7-15(12-19)9-16(8-14)17(19)21-22(5,6)18(2,3)4/h13-17,20H,7-12H2,1-6H3. The van der Waals surface area contributed by atoms with Crippen LogP contribution in [0.25, 0.3) is 0 Å². The first-order valence-electron chi connectivity index (χ1n) is 9.38. The molecule has 4 bridgehead atoms. The molecule has 4 saturated carbocycles. The van der Waals surface area contributed by atoms with E-state index in [-0.39, 0.29) is 16.6 Å². The number of hydrogen-bond donors (Lipinski definition) is 1. The van der Waals surface area contributed by atoms with Crippen molar-refractivity contribution in [1.82, 2.24) is 0 Å². The molecular formula is C19H36O2Si. The molecule has 4 unspecified atom stereocenters. The van der Waals surface area contributed by atoms with Gasteiger partial charge in [-0.25, -0.2) is 0 Å². The Bertz CT molecular complexity index is 404. The predicted molar refractivity (Wildman–Crippen MR) is 94.4 cm³/mol. The van der Waals surface area contributed by atoms with Gasteiger partial charge in [0.2, 0.25) is 0 Å². The SMILES string of the molecule is CC(O)CC12CC3CC(CC(C3)C1O[Si](C)(C)C(C)(C)C)C2. The molecule has 2 nitrogen and oxygen atoms in total. The van der Waals surface area contributed by atoms with Crippen molar-refractivity contribution < 1.29 is 9.53 Å². The van der Waals surface area contributed by atoms with E-state index in [1.54, 1.807) is 0 Å². The summed E-state index contributed by atoms with van der Waals surface area (Å²) in [6.45, 7) is 13.8. The van der Waals surface area contributed by atoms with Crippen molar-refractivity contribution in [1.29, 1.82) is 0 Å². The van der Waals surface area contributed by atoms with Gasteiger partial charge in [0.05, 0.1) is 12.2 Å². The Kier molecular flexibility index (Phi) is 4.11. The first-order valence-corrected chi connectivity index (χ1v) is 12.3. The van der Waals surface area contributed by atoms with E-state index in [2.05, 4.69) is 33.9 Å². The first kappa shape index (κ1) is 17.0. The summed E-state index contributed by atoms with van der Waals surface area (Å²) in [7, 11) is -1.75. The fourth-order valence-corrected chi connectivity index (χ4v) is 7.18. The smallest absolute Gasteiger partial charge is 0.192 e. The first-order chi connectivity index (χ1) is 10.0. The highest BCUT2D eigenvalue weighted by Crippen LogP contribution is 2.63. The molecule has 0 aromatic rings. The van der Waals surface area contributed by atoms with Gasteiger partial charge >= 0.3 is 0 Å². The quantitative estimate of drug-likeness (QED) is 0.739. The summed E-state index contributed by atoms with van der Waals surface area (Å²) in [4.78, 5) is 0. The summed E-state index contributed by atoms with van der Waals surface area (Å²) in [6, 6.07) is 0. The van der Waals surface area contributed by atoms with Crippen molar-refractivity contribution in [2.75, 3.05) is 0 Å². The van der Waals surface area contributed by atoms with E-state index >= 15 is 0 Å². The zero-order chi connectivity index (χ0) is 16.3. The molecule has 128 valence electrons. The topological polar surface area (TPSA) is 29.5 Å². The molecule has 22 heavy (non-hydrogen) atoms. The molecule has 4 fully saturated rings. The number of aliphatic hydroxyl groups excluding tert-OH is 1. The van der Waals surface area contributed by atoms with E-state index < -0.39 is 8.32 Å². The molecule has 4 aliphatic carbocycles.